The van der Waals surface area contributed by atoms with Gasteiger partial charge in [0.2, 0.25) is 0 Å². The van der Waals surface area contributed by atoms with Gasteiger partial charge in [-0.25, -0.2) is 4.39 Å². The van der Waals surface area contributed by atoms with Crippen LogP contribution in [0.1, 0.15) is 103 Å². The van der Waals surface area contributed by atoms with Gasteiger partial charge in [0.15, 0.2) is 0 Å². The Kier molecular flexibility index (Phi) is 16.7. The first-order valence-electron chi connectivity index (χ1n) is 14.3. The molecule has 196 valence electrons. The number of halogens is 1. The van der Waals surface area contributed by atoms with Crippen molar-refractivity contribution in [1.29, 1.82) is 0 Å². The Labute approximate surface area is 215 Å². The van der Waals surface area contributed by atoms with E-state index in [0.29, 0.717) is 6.61 Å². The highest BCUT2D eigenvalue weighted by Gasteiger charge is 2.42. The van der Waals surface area contributed by atoms with E-state index in [2.05, 4.69) is 31.2 Å². The maximum atomic E-state index is 13.1. The fourth-order valence-electron chi connectivity index (χ4n) is 4.73. The third kappa shape index (κ3) is 11.9. The van der Waals surface area contributed by atoms with Gasteiger partial charge in [-0.1, -0.05) is 157 Å². The molecule has 0 atom stereocenters. The molecule has 0 aliphatic heterocycles. The second-order valence-electron chi connectivity index (χ2n) is 9.68. The lowest BCUT2D eigenvalue weighted by atomic mass is 10.0. The summed E-state index contributed by atoms with van der Waals surface area (Å²) < 4.78 is 25.9. The Morgan fingerprint density at radius 2 is 0.886 bits per heavy atom. The van der Waals surface area contributed by atoms with Gasteiger partial charge in [-0.3, -0.25) is 0 Å². The lowest BCUT2D eigenvalue weighted by Crippen LogP contribution is -2.63. The molecule has 2 rings (SSSR count). The highest BCUT2D eigenvalue weighted by Crippen LogP contribution is 2.15. The quantitative estimate of drug-likeness (QED) is 0.120. The van der Waals surface area contributed by atoms with Crippen LogP contribution in [0.4, 0.5) is 4.39 Å². The third-order valence-corrected chi connectivity index (χ3v) is 10.2. The zero-order chi connectivity index (χ0) is 24.9. The maximum absolute atomic E-state index is 13.1. The highest BCUT2D eigenvalue weighted by molar-refractivity contribution is 6.92. The molecule has 4 heteroatoms. The van der Waals surface area contributed by atoms with E-state index in [1.165, 1.54) is 89.9 Å². The molecule has 0 amide bonds. The average Bonchev–Trinajstić information content (AvgIpc) is 2.91. The van der Waals surface area contributed by atoms with E-state index in [0.717, 1.165) is 16.8 Å². The van der Waals surface area contributed by atoms with E-state index in [1.807, 2.05) is 36.4 Å². The van der Waals surface area contributed by atoms with Crippen LogP contribution >= 0.6 is 0 Å². The fourth-order valence-corrected chi connectivity index (χ4v) is 7.87. The summed E-state index contributed by atoms with van der Waals surface area (Å²) in [7, 11) is -2.92. The predicted molar refractivity (Wildman–Crippen MR) is 151 cm³/mol. The number of rotatable bonds is 22. The molecule has 0 spiro atoms. The average molecular weight is 501 g/mol. The van der Waals surface area contributed by atoms with Gasteiger partial charge >= 0.3 is 8.56 Å². The van der Waals surface area contributed by atoms with Gasteiger partial charge in [-0.05, 0) is 16.8 Å². The van der Waals surface area contributed by atoms with Crippen molar-refractivity contribution in [3.63, 3.8) is 0 Å². The van der Waals surface area contributed by atoms with Gasteiger partial charge in [-0.15, -0.1) is 0 Å². The van der Waals surface area contributed by atoms with Crippen LogP contribution in [0, 0.1) is 0 Å². The molecule has 0 radical (unpaired) electrons. The van der Waals surface area contributed by atoms with Crippen molar-refractivity contribution in [3.05, 3.63) is 60.7 Å². The number of benzene rings is 2. The van der Waals surface area contributed by atoms with Crippen LogP contribution < -0.4 is 10.4 Å². The van der Waals surface area contributed by atoms with E-state index < -0.39 is 15.2 Å². The molecule has 2 nitrogen and oxygen atoms in total. The predicted octanol–water partition coefficient (Wildman–Crippen LogP) is 8.12. The Morgan fingerprint density at radius 3 is 1.29 bits per heavy atom. The van der Waals surface area contributed by atoms with Crippen LogP contribution in [0.15, 0.2) is 60.7 Å². The SMILES string of the molecule is CCCCCCCCCCCCCCCCCO[Si](OCCF)(c1ccccc1)c1ccccc1. The molecule has 2 aromatic rings. The van der Waals surface area contributed by atoms with Crippen molar-refractivity contribution in [2.75, 3.05) is 19.9 Å². The van der Waals surface area contributed by atoms with Crippen molar-refractivity contribution >= 4 is 18.9 Å². The Hall–Kier alpha value is -1.49. The maximum Gasteiger partial charge on any atom is 0.407 e. The smallest absolute Gasteiger partial charge is 0.388 e. The van der Waals surface area contributed by atoms with Gasteiger partial charge in [0.25, 0.3) is 0 Å². The topological polar surface area (TPSA) is 18.5 Å². The van der Waals surface area contributed by atoms with Crippen LogP contribution in [0.3, 0.4) is 0 Å². The van der Waals surface area contributed by atoms with Gasteiger partial charge in [-0.2, -0.15) is 0 Å². The number of hydrogen-bond donors (Lipinski definition) is 0. The summed E-state index contributed by atoms with van der Waals surface area (Å²) in [4.78, 5) is 0. The molecule has 0 aromatic heterocycles. The Bertz CT molecular complexity index is 686. The monoisotopic (exact) mass is 500 g/mol. The molecule has 0 aliphatic carbocycles. The second kappa shape index (κ2) is 19.7. The summed E-state index contributed by atoms with van der Waals surface area (Å²) in [6.45, 7) is 2.50. The van der Waals surface area contributed by atoms with E-state index in [9.17, 15) is 4.39 Å². The molecule has 0 fully saturated rings. The Balaban J connectivity index is 1.65. The summed E-state index contributed by atoms with van der Waals surface area (Å²) in [6.07, 6.45) is 20.2. The molecule has 0 unspecified atom stereocenters. The van der Waals surface area contributed by atoms with Crippen molar-refractivity contribution in [2.45, 2.75) is 103 Å². The summed E-state index contributed by atoms with van der Waals surface area (Å²) in [6, 6.07) is 20.3. The minimum atomic E-state index is -2.92. The molecule has 35 heavy (non-hydrogen) atoms. The van der Waals surface area contributed by atoms with Crippen molar-refractivity contribution in [1.82, 2.24) is 0 Å². The van der Waals surface area contributed by atoms with E-state index in [1.54, 1.807) is 0 Å². The second-order valence-corrected chi connectivity index (χ2v) is 12.6. The minimum absolute atomic E-state index is 0.0644. The summed E-state index contributed by atoms with van der Waals surface area (Å²) in [5, 5.41) is 2.08. The van der Waals surface area contributed by atoms with Crippen LogP contribution in [0.25, 0.3) is 0 Å². The number of hydrogen-bond acceptors (Lipinski definition) is 2. The molecule has 2 aromatic carbocycles. The standard InChI is InChI=1S/C31H49FO2Si/c1-2-3-4-5-6-7-8-9-10-11-12-13-14-15-22-28-33-35(34-29-27-32,30-23-18-16-19-24-30)31-25-20-17-21-26-31/h16-21,23-26H,2-15,22,27-29H2,1H3. The first-order valence-corrected chi connectivity index (χ1v) is 16.1. The van der Waals surface area contributed by atoms with Crippen LogP contribution in [0.5, 0.6) is 0 Å². The number of alkyl halides is 1. The molecule has 0 heterocycles. The third-order valence-electron chi connectivity index (χ3n) is 6.74. The van der Waals surface area contributed by atoms with Gasteiger partial charge in [0.1, 0.15) is 6.67 Å². The van der Waals surface area contributed by atoms with Gasteiger partial charge in [0.05, 0.1) is 6.61 Å². The highest BCUT2D eigenvalue weighted by atomic mass is 28.4. The normalized spacial score (nSPS) is 11.7. The molecule has 0 bridgehead atoms. The van der Waals surface area contributed by atoms with E-state index in [4.69, 9.17) is 8.85 Å². The number of unbranched alkanes of at least 4 members (excludes halogenated alkanes) is 14. The lowest BCUT2D eigenvalue weighted by Gasteiger charge is -2.31. The van der Waals surface area contributed by atoms with Crippen molar-refractivity contribution < 1.29 is 13.2 Å². The first kappa shape index (κ1) is 29.7. The summed E-state index contributed by atoms with van der Waals surface area (Å²) in [5.41, 5.74) is 0. The van der Waals surface area contributed by atoms with Crippen molar-refractivity contribution in [3.8, 4) is 0 Å². The zero-order valence-corrected chi connectivity index (χ0v) is 23.2. The van der Waals surface area contributed by atoms with Gasteiger partial charge < -0.3 is 8.85 Å². The molecular weight excluding hydrogens is 451 g/mol. The van der Waals surface area contributed by atoms with Gasteiger partial charge in [0, 0.05) is 6.61 Å². The van der Waals surface area contributed by atoms with Crippen LogP contribution in [0.2, 0.25) is 0 Å². The molecule has 0 N–H and O–H groups in total. The summed E-state index contributed by atoms with van der Waals surface area (Å²) in [5.74, 6) is 0. The van der Waals surface area contributed by atoms with E-state index >= 15 is 0 Å². The van der Waals surface area contributed by atoms with Crippen molar-refractivity contribution in [2.24, 2.45) is 0 Å². The fraction of sp³-hybridized carbons (Fsp3) is 0.613. The van der Waals surface area contributed by atoms with Crippen LogP contribution in [-0.4, -0.2) is 28.4 Å². The largest absolute Gasteiger partial charge is 0.407 e. The molecule has 0 saturated carbocycles. The first-order chi connectivity index (χ1) is 17.3. The zero-order valence-electron chi connectivity index (χ0n) is 22.2. The van der Waals surface area contributed by atoms with Crippen LogP contribution in [-0.2, 0) is 8.85 Å². The summed E-state index contributed by atoms with van der Waals surface area (Å²) >= 11 is 0. The Morgan fingerprint density at radius 1 is 0.514 bits per heavy atom. The minimum Gasteiger partial charge on any atom is -0.388 e. The molecule has 0 saturated heterocycles. The molecule has 0 aliphatic rings. The van der Waals surface area contributed by atoms with E-state index in [-0.39, 0.29) is 6.61 Å². The molecular formula is C31H49FO2Si. The lowest BCUT2D eigenvalue weighted by molar-refractivity contribution is 0.175.